The normalized spacial score (nSPS) is 12.7. The predicted molar refractivity (Wildman–Crippen MR) is 141 cm³/mol. The van der Waals surface area contributed by atoms with Crippen molar-refractivity contribution in [2.45, 2.75) is 136 Å². The predicted octanol–water partition coefficient (Wildman–Crippen LogP) is 8.08. The zero-order valence-corrected chi connectivity index (χ0v) is 21.9. The van der Waals surface area contributed by atoms with Gasteiger partial charge in [-0.05, 0) is 44.9 Å². The Kier molecular flexibility index (Phi) is 26.2. The number of hydrogen-bond acceptors (Lipinski definition) is 4. The average molecular weight is 467 g/mol. The molecule has 1 unspecified atom stereocenters. The lowest BCUT2D eigenvalue weighted by atomic mass is 10.1. The van der Waals surface area contributed by atoms with Gasteiger partial charge in [0.05, 0.1) is 13.2 Å². The van der Waals surface area contributed by atoms with E-state index in [0.29, 0.717) is 19.6 Å². The number of unbranched alkanes of at least 4 members (excludes halogenated alkanes) is 13. The van der Waals surface area contributed by atoms with Crippen molar-refractivity contribution >= 4 is 5.97 Å². The summed E-state index contributed by atoms with van der Waals surface area (Å²) in [5.74, 6) is -0.220. The molecule has 4 heteroatoms. The molecule has 0 aliphatic rings. The molecule has 0 aliphatic carbocycles. The lowest BCUT2D eigenvalue weighted by Crippen LogP contribution is -2.27. The molecule has 0 fully saturated rings. The number of aliphatic hydroxyl groups is 1. The van der Waals surface area contributed by atoms with Crippen LogP contribution < -0.4 is 0 Å². The van der Waals surface area contributed by atoms with Gasteiger partial charge in [0.15, 0.2) is 0 Å². The molecule has 0 amide bonds. The lowest BCUT2D eigenvalue weighted by molar-refractivity contribution is -0.154. The molecule has 0 saturated heterocycles. The maximum atomic E-state index is 11.8. The van der Waals surface area contributed by atoms with Crippen LogP contribution >= 0.6 is 0 Å². The second-order valence-corrected chi connectivity index (χ2v) is 9.12. The topological polar surface area (TPSA) is 55.8 Å². The minimum absolute atomic E-state index is 0.175. The highest BCUT2D eigenvalue weighted by Gasteiger charge is 2.13. The SMILES string of the molecule is CCCCC/C=C\C/C=C\CCCCCCCCOCC(CO)OC(=O)CCCCCCC. The molecule has 194 valence electrons. The van der Waals surface area contributed by atoms with Gasteiger partial charge in [0, 0.05) is 13.0 Å². The molecule has 0 radical (unpaired) electrons. The van der Waals surface area contributed by atoms with Crippen molar-refractivity contribution in [1.82, 2.24) is 0 Å². The van der Waals surface area contributed by atoms with E-state index in [9.17, 15) is 9.90 Å². The first kappa shape index (κ1) is 31.9. The van der Waals surface area contributed by atoms with Crippen LogP contribution in [0.15, 0.2) is 24.3 Å². The van der Waals surface area contributed by atoms with Crippen molar-refractivity contribution < 1.29 is 19.4 Å². The Balaban J connectivity index is 3.44. The van der Waals surface area contributed by atoms with Gasteiger partial charge in [-0.3, -0.25) is 4.79 Å². The first-order valence-corrected chi connectivity index (χ1v) is 13.9. The second-order valence-electron chi connectivity index (χ2n) is 9.12. The van der Waals surface area contributed by atoms with Gasteiger partial charge < -0.3 is 14.6 Å². The molecule has 0 aromatic carbocycles. The Hall–Kier alpha value is -1.13. The summed E-state index contributed by atoms with van der Waals surface area (Å²) >= 11 is 0. The Morgan fingerprint density at radius 3 is 1.94 bits per heavy atom. The van der Waals surface area contributed by atoms with Gasteiger partial charge >= 0.3 is 5.97 Å². The number of esters is 1. The summed E-state index contributed by atoms with van der Waals surface area (Å²) in [6.07, 6.45) is 29.4. The number of rotatable bonds is 25. The number of hydrogen-bond donors (Lipinski definition) is 1. The Bertz CT molecular complexity index is 459. The van der Waals surface area contributed by atoms with Gasteiger partial charge in [0.1, 0.15) is 6.10 Å². The van der Waals surface area contributed by atoms with E-state index in [1.165, 1.54) is 83.5 Å². The van der Waals surface area contributed by atoms with Crippen LogP contribution in [0.2, 0.25) is 0 Å². The van der Waals surface area contributed by atoms with E-state index in [0.717, 1.165) is 25.7 Å². The first-order valence-electron chi connectivity index (χ1n) is 13.9. The van der Waals surface area contributed by atoms with Crippen LogP contribution in [0.25, 0.3) is 0 Å². The van der Waals surface area contributed by atoms with Crippen LogP contribution in [0.4, 0.5) is 0 Å². The molecule has 4 nitrogen and oxygen atoms in total. The molecule has 1 atom stereocenters. The van der Waals surface area contributed by atoms with Gasteiger partial charge in [0.2, 0.25) is 0 Å². The molecule has 0 aliphatic heterocycles. The molecular weight excluding hydrogens is 412 g/mol. The van der Waals surface area contributed by atoms with E-state index in [-0.39, 0.29) is 12.6 Å². The third-order valence-corrected chi connectivity index (χ3v) is 5.78. The number of aliphatic hydroxyl groups excluding tert-OH is 1. The van der Waals surface area contributed by atoms with E-state index in [1.54, 1.807) is 0 Å². The zero-order chi connectivity index (χ0) is 24.2. The molecule has 33 heavy (non-hydrogen) atoms. The summed E-state index contributed by atoms with van der Waals surface area (Å²) < 4.78 is 10.9. The summed E-state index contributed by atoms with van der Waals surface area (Å²) in [6, 6.07) is 0. The van der Waals surface area contributed by atoms with Gasteiger partial charge in [-0.25, -0.2) is 0 Å². The van der Waals surface area contributed by atoms with Crippen LogP contribution in [0.1, 0.15) is 129 Å². The van der Waals surface area contributed by atoms with E-state index in [4.69, 9.17) is 9.47 Å². The molecule has 0 heterocycles. The van der Waals surface area contributed by atoms with E-state index in [1.807, 2.05) is 0 Å². The average Bonchev–Trinajstić information content (AvgIpc) is 2.82. The maximum Gasteiger partial charge on any atom is 0.306 e. The Morgan fingerprint density at radius 2 is 1.27 bits per heavy atom. The minimum atomic E-state index is -0.530. The quantitative estimate of drug-likeness (QED) is 0.0839. The molecule has 0 saturated carbocycles. The molecule has 0 aromatic heterocycles. The minimum Gasteiger partial charge on any atom is -0.457 e. The van der Waals surface area contributed by atoms with Gasteiger partial charge in [-0.2, -0.15) is 0 Å². The standard InChI is InChI=1S/C29H54O4/c1-3-5-7-9-10-11-12-13-14-15-16-17-18-19-21-23-25-32-27-28(26-30)33-29(31)24-22-20-8-6-4-2/h10-11,13-14,28,30H,3-9,12,15-27H2,1-2H3/b11-10-,14-13-. The highest BCUT2D eigenvalue weighted by Crippen LogP contribution is 2.09. The van der Waals surface area contributed by atoms with E-state index >= 15 is 0 Å². The van der Waals surface area contributed by atoms with Crippen molar-refractivity contribution in [2.75, 3.05) is 19.8 Å². The first-order chi connectivity index (χ1) is 16.2. The highest BCUT2D eigenvalue weighted by molar-refractivity contribution is 5.69. The summed E-state index contributed by atoms with van der Waals surface area (Å²) in [5, 5.41) is 9.39. The second kappa shape index (κ2) is 27.1. The van der Waals surface area contributed by atoms with Gasteiger partial charge in [0.25, 0.3) is 0 Å². The summed E-state index contributed by atoms with van der Waals surface area (Å²) in [6.45, 7) is 5.20. The number of allylic oxidation sites excluding steroid dienone is 4. The fraction of sp³-hybridized carbons (Fsp3) is 0.828. The molecule has 0 spiro atoms. The number of carbonyl (C=O) groups is 1. The summed E-state index contributed by atoms with van der Waals surface area (Å²) in [7, 11) is 0. The fourth-order valence-corrected chi connectivity index (χ4v) is 3.65. The Morgan fingerprint density at radius 1 is 0.727 bits per heavy atom. The van der Waals surface area contributed by atoms with E-state index < -0.39 is 6.10 Å². The van der Waals surface area contributed by atoms with Crippen molar-refractivity contribution in [3.63, 3.8) is 0 Å². The number of ether oxygens (including phenoxy) is 2. The van der Waals surface area contributed by atoms with Crippen LogP contribution in [-0.4, -0.2) is 37.0 Å². The van der Waals surface area contributed by atoms with Crippen molar-refractivity contribution in [3.05, 3.63) is 24.3 Å². The highest BCUT2D eigenvalue weighted by atomic mass is 16.6. The fourth-order valence-electron chi connectivity index (χ4n) is 3.65. The monoisotopic (exact) mass is 466 g/mol. The molecular formula is C29H54O4. The Labute approximate surface area is 205 Å². The van der Waals surface area contributed by atoms with Crippen molar-refractivity contribution in [1.29, 1.82) is 0 Å². The molecule has 0 rings (SSSR count). The molecule has 1 N–H and O–H groups in total. The largest absolute Gasteiger partial charge is 0.457 e. The smallest absolute Gasteiger partial charge is 0.306 e. The zero-order valence-electron chi connectivity index (χ0n) is 21.9. The van der Waals surface area contributed by atoms with Crippen LogP contribution in [0.3, 0.4) is 0 Å². The van der Waals surface area contributed by atoms with Gasteiger partial charge in [-0.15, -0.1) is 0 Å². The summed E-state index contributed by atoms with van der Waals surface area (Å²) in [4.78, 5) is 11.8. The van der Waals surface area contributed by atoms with Crippen LogP contribution in [-0.2, 0) is 14.3 Å². The number of carbonyl (C=O) groups excluding carboxylic acids is 1. The third-order valence-electron chi connectivity index (χ3n) is 5.78. The lowest BCUT2D eigenvalue weighted by Gasteiger charge is -2.15. The third kappa shape index (κ3) is 25.3. The van der Waals surface area contributed by atoms with Crippen LogP contribution in [0, 0.1) is 0 Å². The van der Waals surface area contributed by atoms with E-state index in [2.05, 4.69) is 38.2 Å². The van der Waals surface area contributed by atoms with Crippen molar-refractivity contribution in [2.24, 2.45) is 0 Å². The maximum absolute atomic E-state index is 11.8. The summed E-state index contributed by atoms with van der Waals surface area (Å²) in [5.41, 5.74) is 0. The van der Waals surface area contributed by atoms with Crippen LogP contribution in [0.5, 0.6) is 0 Å². The molecule has 0 aromatic rings. The molecule has 0 bridgehead atoms. The van der Waals surface area contributed by atoms with Crippen molar-refractivity contribution in [3.8, 4) is 0 Å². The van der Waals surface area contributed by atoms with Gasteiger partial charge in [-0.1, -0.05) is 102 Å².